The Kier molecular flexibility index (Phi) is 3.74. The minimum atomic E-state index is -1.11. The van der Waals surface area contributed by atoms with E-state index in [9.17, 15) is 14.4 Å². The van der Waals surface area contributed by atoms with E-state index < -0.39 is 30.4 Å². The molecule has 2 rings (SSSR count). The van der Waals surface area contributed by atoms with Gasteiger partial charge in [-0.1, -0.05) is 18.2 Å². The molecule has 1 aliphatic heterocycles. The summed E-state index contributed by atoms with van der Waals surface area (Å²) >= 11 is 0. The van der Waals surface area contributed by atoms with E-state index in [0.29, 0.717) is 0 Å². The second kappa shape index (κ2) is 5.32. The summed E-state index contributed by atoms with van der Waals surface area (Å²) in [6.45, 7) is 4.09. The van der Waals surface area contributed by atoms with Gasteiger partial charge < -0.3 is 10.4 Å². The van der Waals surface area contributed by atoms with Crippen LogP contribution in [0, 0.1) is 13.8 Å². The van der Waals surface area contributed by atoms with Crippen LogP contribution in [0.15, 0.2) is 18.2 Å². The number of carbonyl (C=O) groups is 3. The molecule has 0 bridgehead atoms. The van der Waals surface area contributed by atoms with Gasteiger partial charge in [0.1, 0.15) is 6.04 Å². The number of carboxylic acid groups (broad SMARTS) is 1. The Hall–Kier alpha value is -2.37. The van der Waals surface area contributed by atoms with E-state index in [2.05, 4.69) is 5.32 Å². The van der Waals surface area contributed by atoms with Crippen molar-refractivity contribution in [3.8, 4) is 0 Å². The predicted octanol–water partition coefficient (Wildman–Crippen LogP) is 1.20. The van der Waals surface area contributed by atoms with Gasteiger partial charge in [0.15, 0.2) is 0 Å². The Morgan fingerprint density at radius 1 is 1.30 bits per heavy atom. The molecule has 1 heterocycles. The molecule has 106 valence electrons. The molecule has 1 aromatic carbocycles. The number of carboxylic acids is 1. The number of imide groups is 1. The number of benzene rings is 1. The number of amides is 3. The fourth-order valence-corrected chi connectivity index (χ4v) is 2.12. The van der Waals surface area contributed by atoms with Crippen LogP contribution in [0.1, 0.15) is 23.1 Å². The Bertz CT molecular complexity index is 583. The second-order valence-electron chi connectivity index (χ2n) is 4.94. The first-order valence-corrected chi connectivity index (χ1v) is 6.28. The summed E-state index contributed by atoms with van der Waals surface area (Å²) in [7, 11) is 0. The van der Waals surface area contributed by atoms with Gasteiger partial charge in [0, 0.05) is 0 Å². The Morgan fingerprint density at radius 3 is 2.60 bits per heavy atom. The zero-order valence-electron chi connectivity index (χ0n) is 11.3. The van der Waals surface area contributed by atoms with Crippen LogP contribution in [0.2, 0.25) is 0 Å². The molecular formula is C14H16N2O4. The van der Waals surface area contributed by atoms with Gasteiger partial charge in [-0.25, -0.2) is 4.79 Å². The van der Waals surface area contributed by atoms with Crippen LogP contribution < -0.4 is 5.32 Å². The summed E-state index contributed by atoms with van der Waals surface area (Å²) in [6, 6.07) is 4.19. The van der Waals surface area contributed by atoms with Crippen molar-refractivity contribution in [3.63, 3.8) is 0 Å². The lowest BCUT2D eigenvalue weighted by Gasteiger charge is -2.13. The van der Waals surface area contributed by atoms with E-state index in [0.717, 1.165) is 21.6 Å². The monoisotopic (exact) mass is 276 g/mol. The molecule has 1 atom stereocenters. The van der Waals surface area contributed by atoms with E-state index in [1.807, 2.05) is 32.0 Å². The maximum absolute atomic E-state index is 12.0. The molecule has 6 nitrogen and oxygen atoms in total. The highest BCUT2D eigenvalue weighted by Crippen LogP contribution is 2.16. The van der Waals surface area contributed by atoms with E-state index in [1.54, 1.807) is 0 Å². The van der Waals surface area contributed by atoms with E-state index in [4.69, 9.17) is 5.11 Å². The Labute approximate surface area is 116 Å². The summed E-state index contributed by atoms with van der Waals surface area (Å²) in [4.78, 5) is 35.4. The van der Waals surface area contributed by atoms with Crippen molar-refractivity contribution in [2.75, 3.05) is 0 Å². The van der Waals surface area contributed by atoms with Crippen molar-refractivity contribution in [3.05, 3.63) is 34.9 Å². The number of carbonyl (C=O) groups excluding carboxylic acids is 2. The van der Waals surface area contributed by atoms with Gasteiger partial charge in [-0.05, 0) is 30.5 Å². The molecule has 1 aromatic rings. The van der Waals surface area contributed by atoms with Gasteiger partial charge in [-0.2, -0.15) is 0 Å². The molecule has 1 saturated heterocycles. The number of urea groups is 1. The number of hydrogen-bond donors (Lipinski definition) is 2. The van der Waals surface area contributed by atoms with E-state index >= 15 is 0 Å². The number of hydrogen-bond acceptors (Lipinski definition) is 3. The first-order chi connectivity index (χ1) is 9.38. The molecule has 1 fully saturated rings. The Morgan fingerprint density at radius 2 is 2.00 bits per heavy atom. The molecule has 0 aliphatic carbocycles. The molecule has 6 heteroatoms. The van der Waals surface area contributed by atoms with Gasteiger partial charge in [-0.3, -0.25) is 14.5 Å². The minimum Gasteiger partial charge on any atom is -0.481 e. The van der Waals surface area contributed by atoms with Crippen LogP contribution in [0.4, 0.5) is 4.79 Å². The van der Waals surface area contributed by atoms with Crippen molar-refractivity contribution >= 4 is 17.9 Å². The number of aryl methyl sites for hydroxylation is 2. The molecule has 3 amide bonds. The minimum absolute atomic E-state index is 0.155. The lowest BCUT2D eigenvalue weighted by molar-refractivity contribution is -0.140. The molecule has 20 heavy (non-hydrogen) atoms. The number of aliphatic carboxylic acids is 1. The summed E-state index contributed by atoms with van der Waals surface area (Å²) in [5, 5.41) is 11.1. The molecule has 1 aliphatic rings. The summed E-state index contributed by atoms with van der Waals surface area (Å²) < 4.78 is 0. The number of nitrogens with one attached hydrogen (secondary N) is 1. The topological polar surface area (TPSA) is 86.7 Å². The lowest BCUT2D eigenvalue weighted by Crippen LogP contribution is -2.32. The van der Waals surface area contributed by atoms with Gasteiger partial charge in [0.05, 0.1) is 13.0 Å². The first kappa shape index (κ1) is 14.0. The molecule has 1 unspecified atom stereocenters. The molecule has 0 aromatic heterocycles. The highest BCUT2D eigenvalue weighted by molar-refractivity contribution is 6.05. The standard InChI is InChI=1S/C14H16N2O4/c1-8-3-4-10(5-9(8)2)7-16-13(19)11(6-12(17)18)15-14(16)20/h3-5,11H,6-7H2,1-2H3,(H,15,20)(H,17,18). The summed E-state index contributed by atoms with van der Waals surface area (Å²) in [5.74, 6) is -1.60. The third-order valence-electron chi connectivity index (χ3n) is 3.40. The van der Waals surface area contributed by atoms with Crippen molar-refractivity contribution in [1.29, 1.82) is 0 Å². The van der Waals surface area contributed by atoms with Crippen molar-refractivity contribution < 1.29 is 19.5 Å². The predicted molar refractivity (Wildman–Crippen MR) is 71.0 cm³/mol. The maximum Gasteiger partial charge on any atom is 0.325 e. The SMILES string of the molecule is Cc1ccc(CN2C(=O)NC(CC(=O)O)C2=O)cc1C. The quantitative estimate of drug-likeness (QED) is 0.809. The summed E-state index contributed by atoms with van der Waals surface area (Å²) in [6.07, 6.45) is -0.395. The zero-order chi connectivity index (χ0) is 14.9. The fraction of sp³-hybridized carbons (Fsp3) is 0.357. The van der Waals surface area contributed by atoms with Crippen LogP contribution in [-0.4, -0.2) is 34.0 Å². The van der Waals surface area contributed by atoms with Crippen LogP contribution in [0.3, 0.4) is 0 Å². The highest BCUT2D eigenvalue weighted by atomic mass is 16.4. The zero-order valence-corrected chi connectivity index (χ0v) is 11.3. The molecule has 0 saturated carbocycles. The smallest absolute Gasteiger partial charge is 0.325 e. The highest BCUT2D eigenvalue weighted by Gasteiger charge is 2.38. The van der Waals surface area contributed by atoms with Crippen LogP contribution in [-0.2, 0) is 16.1 Å². The molecule has 0 radical (unpaired) electrons. The van der Waals surface area contributed by atoms with Crippen molar-refractivity contribution in [1.82, 2.24) is 10.2 Å². The average Bonchev–Trinajstić information content (AvgIpc) is 2.61. The fourth-order valence-electron chi connectivity index (χ4n) is 2.12. The largest absolute Gasteiger partial charge is 0.481 e. The van der Waals surface area contributed by atoms with E-state index in [-0.39, 0.29) is 6.54 Å². The maximum atomic E-state index is 12.0. The van der Waals surface area contributed by atoms with Crippen LogP contribution >= 0.6 is 0 Å². The average molecular weight is 276 g/mol. The van der Waals surface area contributed by atoms with Gasteiger partial charge in [-0.15, -0.1) is 0 Å². The third kappa shape index (κ3) is 2.79. The number of nitrogens with zero attached hydrogens (tertiary/aromatic N) is 1. The van der Waals surface area contributed by atoms with Crippen molar-refractivity contribution in [2.24, 2.45) is 0 Å². The molecular weight excluding hydrogens is 260 g/mol. The molecule has 0 spiro atoms. The van der Waals surface area contributed by atoms with Crippen LogP contribution in [0.25, 0.3) is 0 Å². The second-order valence-corrected chi connectivity index (χ2v) is 4.94. The van der Waals surface area contributed by atoms with Crippen LogP contribution in [0.5, 0.6) is 0 Å². The van der Waals surface area contributed by atoms with Gasteiger partial charge >= 0.3 is 12.0 Å². The first-order valence-electron chi connectivity index (χ1n) is 6.28. The third-order valence-corrected chi connectivity index (χ3v) is 3.40. The lowest BCUT2D eigenvalue weighted by atomic mass is 10.1. The number of rotatable bonds is 4. The van der Waals surface area contributed by atoms with E-state index in [1.165, 1.54) is 0 Å². The van der Waals surface area contributed by atoms with Gasteiger partial charge in [0.2, 0.25) is 0 Å². The van der Waals surface area contributed by atoms with Gasteiger partial charge in [0.25, 0.3) is 5.91 Å². The molecule has 2 N–H and O–H groups in total. The Balaban J connectivity index is 2.12. The normalized spacial score (nSPS) is 18.3. The van der Waals surface area contributed by atoms with Crippen molar-refractivity contribution in [2.45, 2.75) is 32.9 Å². The summed E-state index contributed by atoms with van der Waals surface area (Å²) in [5.41, 5.74) is 3.05.